The number of hydrogen-bond acceptors (Lipinski definition) is 4. The zero-order valence-corrected chi connectivity index (χ0v) is 9.06. The van der Waals surface area contributed by atoms with E-state index in [1.165, 1.54) is 0 Å². The third-order valence-electron chi connectivity index (χ3n) is 1.78. The maximum Gasteiger partial charge on any atom is 0.320 e. The van der Waals surface area contributed by atoms with Crippen LogP contribution in [-0.2, 0) is 16.1 Å². The molecule has 0 aliphatic rings. The average molecular weight is 208 g/mol. The summed E-state index contributed by atoms with van der Waals surface area (Å²) in [6.07, 6.45) is 3.37. The van der Waals surface area contributed by atoms with E-state index in [1.807, 2.05) is 26.0 Å². The fourth-order valence-electron chi connectivity index (χ4n) is 0.986. The van der Waals surface area contributed by atoms with Gasteiger partial charge in [0.05, 0.1) is 6.54 Å². The molecule has 0 saturated carbocycles. The Bertz CT molecular complexity index is 299. The Balaban J connectivity index is 2.23. The van der Waals surface area contributed by atoms with Crippen LogP contribution in [0.3, 0.4) is 0 Å². The summed E-state index contributed by atoms with van der Waals surface area (Å²) in [5.74, 6) is -0.243. The molecular weight excluding hydrogens is 192 g/mol. The van der Waals surface area contributed by atoms with Gasteiger partial charge in [0.25, 0.3) is 0 Å². The Kier molecular flexibility index (Phi) is 4.77. The van der Waals surface area contributed by atoms with Crippen molar-refractivity contribution in [2.45, 2.75) is 26.5 Å². The molecular formula is C11H16N2O2. The standard InChI is InChI=1S/C11H16N2O2/c1-9(2)13-7-11(14)15-8-10-4-3-5-12-6-10/h3-6,9,13H,7-8H2,1-2H3. The van der Waals surface area contributed by atoms with Crippen molar-refractivity contribution in [3.63, 3.8) is 0 Å². The van der Waals surface area contributed by atoms with Gasteiger partial charge in [0, 0.05) is 24.0 Å². The Morgan fingerprint density at radius 1 is 1.60 bits per heavy atom. The highest BCUT2D eigenvalue weighted by Crippen LogP contribution is 1.97. The molecule has 0 aliphatic carbocycles. The average Bonchev–Trinajstić information content (AvgIpc) is 2.25. The normalized spacial score (nSPS) is 10.3. The molecule has 0 bridgehead atoms. The largest absolute Gasteiger partial charge is 0.460 e. The molecule has 1 rings (SSSR count). The van der Waals surface area contributed by atoms with E-state index in [0.29, 0.717) is 0 Å². The molecule has 4 heteroatoms. The summed E-state index contributed by atoms with van der Waals surface area (Å²) in [5.41, 5.74) is 0.899. The Morgan fingerprint density at radius 3 is 3.00 bits per heavy atom. The zero-order valence-electron chi connectivity index (χ0n) is 9.06. The minimum absolute atomic E-state index is 0.243. The predicted octanol–water partition coefficient (Wildman–Crippen LogP) is 1.12. The third kappa shape index (κ3) is 5.12. The summed E-state index contributed by atoms with van der Waals surface area (Å²) in [6.45, 7) is 4.49. The molecule has 0 aromatic carbocycles. The molecule has 15 heavy (non-hydrogen) atoms. The zero-order chi connectivity index (χ0) is 11.1. The molecule has 0 atom stereocenters. The van der Waals surface area contributed by atoms with E-state index in [4.69, 9.17) is 4.74 Å². The van der Waals surface area contributed by atoms with Gasteiger partial charge in [-0.15, -0.1) is 0 Å². The second-order valence-electron chi connectivity index (χ2n) is 3.56. The minimum Gasteiger partial charge on any atom is -0.460 e. The highest BCUT2D eigenvalue weighted by molar-refractivity contribution is 5.71. The van der Waals surface area contributed by atoms with Crippen LogP contribution in [0.5, 0.6) is 0 Å². The number of nitrogens with zero attached hydrogens (tertiary/aromatic N) is 1. The Labute approximate surface area is 89.7 Å². The Morgan fingerprint density at radius 2 is 2.40 bits per heavy atom. The first kappa shape index (κ1) is 11.7. The van der Waals surface area contributed by atoms with Crippen molar-refractivity contribution in [2.75, 3.05) is 6.54 Å². The van der Waals surface area contributed by atoms with Gasteiger partial charge in [0.1, 0.15) is 6.61 Å². The van der Waals surface area contributed by atoms with Crippen LogP contribution in [0.25, 0.3) is 0 Å². The van der Waals surface area contributed by atoms with Crippen molar-refractivity contribution in [1.29, 1.82) is 0 Å². The van der Waals surface area contributed by atoms with Gasteiger partial charge in [-0.3, -0.25) is 9.78 Å². The summed E-state index contributed by atoms with van der Waals surface area (Å²) in [6, 6.07) is 3.97. The van der Waals surface area contributed by atoms with Gasteiger partial charge in [0.15, 0.2) is 0 Å². The number of esters is 1. The molecule has 0 amide bonds. The topological polar surface area (TPSA) is 51.2 Å². The lowest BCUT2D eigenvalue weighted by molar-refractivity contribution is -0.143. The summed E-state index contributed by atoms with van der Waals surface area (Å²) in [4.78, 5) is 15.1. The quantitative estimate of drug-likeness (QED) is 0.737. The van der Waals surface area contributed by atoms with Crippen LogP contribution in [0, 0.1) is 0 Å². The lowest BCUT2D eigenvalue weighted by Crippen LogP contribution is -2.30. The molecule has 0 spiro atoms. The maximum absolute atomic E-state index is 11.2. The lowest BCUT2D eigenvalue weighted by Gasteiger charge is -2.08. The van der Waals surface area contributed by atoms with E-state index in [-0.39, 0.29) is 25.2 Å². The van der Waals surface area contributed by atoms with Crippen molar-refractivity contribution in [3.05, 3.63) is 30.1 Å². The number of aromatic nitrogens is 1. The van der Waals surface area contributed by atoms with Gasteiger partial charge >= 0.3 is 5.97 Å². The van der Waals surface area contributed by atoms with Gasteiger partial charge in [-0.25, -0.2) is 0 Å². The number of hydrogen-bond donors (Lipinski definition) is 1. The van der Waals surface area contributed by atoms with E-state index >= 15 is 0 Å². The number of carbonyl (C=O) groups excluding carboxylic acids is 1. The van der Waals surface area contributed by atoms with Crippen LogP contribution in [-0.4, -0.2) is 23.5 Å². The molecule has 1 heterocycles. The van der Waals surface area contributed by atoms with Gasteiger partial charge in [0.2, 0.25) is 0 Å². The minimum atomic E-state index is -0.243. The molecule has 0 aliphatic heterocycles. The number of pyridine rings is 1. The molecule has 0 saturated heterocycles. The van der Waals surface area contributed by atoms with E-state index < -0.39 is 0 Å². The number of rotatable bonds is 5. The van der Waals surface area contributed by atoms with Crippen LogP contribution in [0.15, 0.2) is 24.5 Å². The fourth-order valence-corrected chi connectivity index (χ4v) is 0.986. The van der Waals surface area contributed by atoms with Gasteiger partial charge in [-0.2, -0.15) is 0 Å². The number of carbonyl (C=O) groups is 1. The van der Waals surface area contributed by atoms with Gasteiger partial charge < -0.3 is 10.1 Å². The molecule has 4 nitrogen and oxygen atoms in total. The second kappa shape index (κ2) is 6.14. The van der Waals surface area contributed by atoms with Crippen LogP contribution >= 0.6 is 0 Å². The molecule has 0 radical (unpaired) electrons. The smallest absolute Gasteiger partial charge is 0.320 e. The predicted molar refractivity (Wildman–Crippen MR) is 57.2 cm³/mol. The van der Waals surface area contributed by atoms with Crippen molar-refractivity contribution < 1.29 is 9.53 Å². The first-order valence-electron chi connectivity index (χ1n) is 4.96. The van der Waals surface area contributed by atoms with Crippen molar-refractivity contribution in [2.24, 2.45) is 0 Å². The van der Waals surface area contributed by atoms with Crippen LogP contribution in [0.4, 0.5) is 0 Å². The number of nitrogens with one attached hydrogen (secondary N) is 1. The second-order valence-corrected chi connectivity index (χ2v) is 3.56. The fraction of sp³-hybridized carbons (Fsp3) is 0.455. The number of ether oxygens (including phenoxy) is 1. The first-order valence-corrected chi connectivity index (χ1v) is 4.96. The Hall–Kier alpha value is -1.42. The summed E-state index contributed by atoms with van der Waals surface area (Å²) in [7, 11) is 0. The van der Waals surface area contributed by atoms with Gasteiger partial charge in [-0.05, 0) is 6.07 Å². The summed E-state index contributed by atoms with van der Waals surface area (Å²) >= 11 is 0. The van der Waals surface area contributed by atoms with Crippen molar-refractivity contribution >= 4 is 5.97 Å². The van der Waals surface area contributed by atoms with Gasteiger partial charge in [-0.1, -0.05) is 19.9 Å². The summed E-state index contributed by atoms with van der Waals surface area (Å²) < 4.78 is 5.04. The van der Waals surface area contributed by atoms with E-state index in [1.54, 1.807) is 12.4 Å². The van der Waals surface area contributed by atoms with Crippen LogP contribution < -0.4 is 5.32 Å². The highest BCUT2D eigenvalue weighted by Gasteiger charge is 2.03. The molecule has 1 aromatic heterocycles. The molecule has 82 valence electrons. The van der Waals surface area contributed by atoms with Crippen LogP contribution in [0.1, 0.15) is 19.4 Å². The van der Waals surface area contributed by atoms with Crippen molar-refractivity contribution in [3.8, 4) is 0 Å². The van der Waals surface area contributed by atoms with E-state index in [2.05, 4.69) is 10.3 Å². The summed E-state index contributed by atoms with van der Waals surface area (Å²) in [5, 5.41) is 2.99. The van der Waals surface area contributed by atoms with E-state index in [0.717, 1.165) is 5.56 Å². The third-order valence-corrected chi connectivity index (χ3v) is 1.78. The monoisotopic (exact) mass is 208 g/mol. The highest BCUT2D eigenvalue weighted by atomic mass is 16.5. The van der Waals surface area contributed by atoms with Crippen molar-refractivity contribution in [1.82, 2.24) is 10.3 Å². The lowest BCUT2D eigenvalue weighted by atomic mass is 10.3. The SMILES string of the molecule is CC(C)NCC(=O)OCc1cccnc1. The molecule has 0 unspecified atom stereocenters. The van der Waals surface area contributed by atoms with E-state index in [9.17, 15) is 4.79 Å². The van der Waals surface area contributed by atoms with Crippen LogP contribution in [0.2, 0.25) is 0 Å². The first-order chi connectivity index (χ1) is 7.18. The maximum atomic E-state index is 11.2. The molecule has 1 N–H and O–H groups in total. The molecule has 1 aromatic rings. The molecule has 0 fully saturated rings.